The zero-order chi connectivity index (χ0) is 20.3. The Labute approximate surface area is 177 Å². The number of carbonyl (C=O) groups excluding carboxylic acids is 1. The predicted octanol–water partition coefficient (Wildman–Crippen LogP) is 5.70. The summed E-state index contributed by atoms with van der Waals surface area (Å²) in [6.45, 7) is 0. The molecule has 144 valence electrons. The molecular formula is C19H13Cl3N2O3S. The maximum absolute atomic E-state index is 12.4. The number of carbonyl (C=O) groups is 1. The van der Waals surface area contributed by atoms with Gasteiger partial charge in [0.2, 0.25) is 0 Å². The van der Waals surface area contributed by atoms with Gasteiger partial charge in [-0.15, -0.1) is 0 Å². The van der Waals surface area contributed by atoms with Crippen LogP contribution in [0.3, 0.4) is 0 Å². The van der Waals surface area contributed by atoms with E-state index in [1.54, 1.807) is 36.4 Å². The molecule has 2 N–H and O–H groups in total. The lowest BCUT2D eigenvalue weighted by Crippen LogP contribution is -2.15. The summed E-state index contributed by atoms with van der Waals surface area (Å²) in [5.41, 5.74) is 0.732. The molecule has 0 aliphatic carbocycles. The van der Waals surface area contributed by atoms with Gasteiger partial charge in [0.15, 0.2) is 0 Å². The van der Waals surface area contributed by atoms with Gasteiger partial charge in [-0.05, 0) is 42.5 Å². The Hall–Kier alpha value is -2.25. The smallest absolute Gasteiger partial charge is 0.261 e. The summed E-state index contributed by atoms with van der Waals surface area (Å²) in [7, 11) is -3.79. The van der Waals surface area contributed by atoms with Crippen LogP contribution in [0, 0.1) is 0 Å². The number of rotatable bonds is 5. The molecular weight excluding hydrogens is 443 g/mol. The van der Waals surface area contributed by atoms with Crippen LogP contribution in [0.5, 0.6) is 0 Å². The van der Waals surface area contributed by atoms with Gasteiger partial charge in [-0.1, -0.05) is 59.1 Å². The van der Waals surface area contributed by atoms with Gasteiger partial charge in [0, 0.05) is 5.56 Å². The topological polar surface area (TPSA) is 75.3 Å². The van der Waals surface area contributed by atoms with E-state index < -0.39 is 15.9 Å². The largest absolute Gasteiger partial charge is 0.321 e. The standard InChI is InChI=1S/C19H13Cl3N2O3S/c20-14-7-4-8-17(18(14)22)23-19(25)12-9-10-16(15(21)11-12)24-28(26,27)13-5-2-1-3-6-13/h1-11,24H,(H,23,25). The summed E-state index contributed by atoms with van der Waals surface area (Å²) in [6.07, 6.45) is 0. The molecule has 0 unspecified atom stereocenters. The van der Waals surface area contributed by atoms with Gasteiger partial charge in [-0.25, -0.2) is 8.42 Å². The number of hydrogen-bond donors (Lipinski definition) is 2. The molecule has 9 heteroatoms. The van der Waals surface area contributed by atoms with Crippen molar-refractivity contribution in [3.8, 4) is 0 Å². The van der Waals surface area contributed by atoms with E-state index in [1.165, 1.54) is 30.3 Å². The van der Waals surface area contributed by atoms with Crippen LogP contribution in [0.15, 0.2) is 71.6 Å². The van der Waals surface area contributed by atoms with E-state index >= 15 is 0 Å². The van der Waals surface area contributed by atoms with E-state index in [0.29, 0.717) is 10.7 Å². The van der Waals surface area contributed by atoms with Crippen LogP contribution in [-0.4, -0.2) is 14.3 Å². The van der Waals surface area contributed by atoms with Gasteiger partial charge in [0.1, 0.15) is 0 Å². The molecule has 1 amide bonds. The molecule has 0 saturated carbocycles. The monoisotopic (exact) mass is 454 g/mol. The van der Waals surface area contributed by atoms with Crippen LogP contribution < -0.4 is 10.0 Å². The van der Waals surface area contributed by atoms with Crippen molar-refractivity contribution in [2.24, 2.45) is 0 Å². The Morgan fingerprint density at radius 1 is 0.786 bits per heavy atom. The van der Waals surface area contributed by atoms with Crippen LogP contribution in [0.2, 0.25) is 15.1 Å². The van der Waals surface area contributed by atoms with Crippen molar-refractivity contribution in [2.45, 2.75) is 4.90 Å². The average molecular weight is 456 g/mol. The van der Waals surface area contributed by atoms with Gasteiger partial charge >= 0.3 is 0 Å². The summed E-state index contributed by atoms with van der Waals surface area (Å²) in [5, 5.41) is 3.24. The second-order valence-corrected chi connectivity index (χ2v) is 8.54. The molecule has 0 spiro atoms. The number of nitrogens with one attached hydrogen (secondary N) is 2. The van der Waals surface area contributed by atoms with Gasteiger partial charge < -0.3 is 5.32 Å². The Bertz CT molecular complexity index is 1140. The maximum Gasteiger partial charge on any atom is 0.261 e. The van der Waals surface area contributed by atoms with Crippen LogP contribution in [0.4, 0.5) is 11.4 Å². The lowest BCUT2D eigenvalue weighted by molar-refractivity contribution is 0.102. The number of sulfonamides is 1. The third-order valence-corrected chi connectivity index (χ3v) is 6.24. The molecule has 3 rings (SSSR count). The predicted molar refractivity (Wildman–Crippen MR) is 113 cm³/mol. The van der Waals surface area contributed by atoms with E-state index in [0.717, 1.165) is 0 Å². The highest BCUT2D eigenvalue weighted by atomic mass is 35.5. The number of benzene rings is 3. The second-order valence-electron chi connectivity index (χ2n) is 5.67. The third-order valence-electron chi connectivity index (χ3n) is 3.73. The molecule has 0 saturated heterocycles. The highest BCUT2D eigenvalue weighted by molar-refractivity contribution is 7.92. The lowest BCUT2D eigenvalue weighted by atomic mass is 10.2. The van der Waals surface area contributed by atoms with Crippen molar-refractivity contribution < 1.29 is 13.2 Å². The highest BCUT2D eigenvalue weighted by Gasteiger charge is 2.17. The second kappa shape index (κ2) is 8.41. The van der Waals surface area contributed by atoms with Crippen LogP contribution in [0.1, 0.15) is 10.4 Å². The Kier molecular flexibility index (Phi) is 6.15. The van der Waals surface area contributed by atoms with Gasteiger partial charge in [-0.3, -0.25) is 9.52 Å². The highest BCUT2D eigenvalue weighted by Crippen LogP contribution is 2.31. The minimum Gasteiger partial charge on any atom is -0.321 e. The summed E-state index contributed by atoms with van der Waals surface area (Å²) in [6, 6.07) is 17.0. The molecule has 0 fully saturated rings. The molecule has 0 bridgehead atoms. The van der Waals surface area contributed by atoms with Crippen molar-refractivity contribution in [3.63, 3.8) is 0 Å². The van der Waals surface area contributed by atoms with Crippen LogP contribution >= 0.6 is 34.8 Å². The van der Waals surface area contributed by atoms with Crippen LogP contribution in [0.25, 0.3) is 0 Å². The van der Waals surface area contributed by atoms with Crippen molar-refractivity contribution in [2.75, 3.05) is 10.0 Å². The minimum absolute atomic E-state index is 0.0735. The fourth-order valence-corrected chi connectivity index (χ4v) is 4.07. The van der Waals surface area contributed by atoms with Gasteiger partial charge in [-0.2, -0.15) is 0 Å². The Morgan fingerprint density at radius 3 is 2.18 bits per heavy atom. The van der Waals surface area contributed by atoms with E-state index in [4.69, 9.17) is 34.8 Å². The molecule has 0 atom stereocenters. The van der Waals surface area contributed by atoms with E-state index in [1.807, 2.05) is 0 Å². The quantitative estimate of drug-likeness (QED) is 0.518. The molecule has 0 aromatic heterocycles. The Balaban J connectivity index is 1.80. The first-order chi connectivity index (χ1) is 13.3. The summed E-state index contributed by atoms with van der Waals surface area (Å²) in [5.74, 6) is -0.469. The molecule has 3 aromatic carbocycles. The van der Waals surface area contributed by atoms with E-state index in [-0.39, 0.29) is 26.2 Å². The molecule has 0 aliphatic heterocycles. The molecule has 5 nitrogen and oxygen atoms in total. The first-order valence-electron chi connectivity index (χ1n) is 7.91. The normalized spacial score (nSPS) is 11.1. The number of halogens is 3. The van der Waals surface area contributed by atoms with E-state index in [2.05, 4.69) is 10.0 Å². The third kappa shape index (κ3) is 4.59. The number of hydrogen-bond acceptors (Lipinski definition) is 3. The molecule has 0 radical (unpaired) electrons. The molecule has 0 aliphatic rings. The van der Waals surface area contributed by atoms with Crippen molar-refractivity contribution in [1.29, 1.82) is 0 Å². The van der Waals surface area contributed by atoms with Gasteiger partial charge in [0.25, 0.3) is 15.9 Å². The summed E-state index contributed by atoms with van der Waals surface area (Å²) >= 11 is 18.2. The fourth-order valence-electron chi connectivity index (χ4n) is 2.34. The molecule has 28 heavy (non-hydrogen) atoms. The fraction of sp³-hybridized carbons (Fsp3) is 0. The average Bonchev–Trinajstić information content (AvgIpc) is 2.67. The first-order valence-corrected chi connectivity index (χ1v) is 10.5. The van der Waals surface area contributed by atoms with Crippen molar-refractivity contribution in [3.05, 3.63) is 87.4 Å². The number of anilines is 2. The molecule has 3 aromatic rings. The zero-order valence-electron chi connectivity index (χ0n) is 14.1. The number of amides is 1. The molecule has 0 heterocycles. The zero-order valence-corrected chi connectivity index (χ0v) is 17.2. The van der Waals surface area contributed by atoms with Crippen molar-refractivity contribution >= 4 is 62.1 Å². The SMILES string of the molecule is O=C(Nc1cccc(Cl)c1Cl)c1ccc(NS(=O)(=O)c2ccccc2)c(Cl)c1. The first kappa shape index (κ1) is 20.5. The lowest BCUT2D eigenvalue weighted by Gasteiger charge is -2.12. The van der Waals surface area contributed by atoms with E-state index in [9.17, 15) is 13.2 Å². The maximum atomic E-state index is 12.4. The minimum atomic E-state index is -3.79. The van der Waals surface area contributed by atoms with Gasteiger partial charge in [0.05, 0.1) is 31.3 Å². The summed E-state index contributed by atoms with van der Waals surface area (Å²) in [4.78, 5) is 12.5. The summed E-state index contributed by atoms with van der Waals surface area (Å²) < 4.78 is 27.2. The Morgan fingerprint density at radius 2 is 1.50 bits per heavy atom. The van der Waals surface area contributed by atoms with Crippen LogP contribution in [-0.2, 0) is 10.0 Å². The van der Waals surface area contributed by atoms with Crippen molar-refractivity contribution in [1.82, 2.24) is 0 Å².